The predicted octanol–water partition coefficient (Wildman–Crippen LogP) is 2.71. The summed E-state index contributed by atoms with van der Waals surface area (Å²) in [4.78, 5) is 15.9. The highest BCUT2D eigenvalue weighted by Crippen LogP contribution is 2.29. The van der Waals surface area contributed by atoms with Crippen LogP contribution in [0.15, 0.2) is 48.5 Å². The Morgan fingerprint density at radius 1 is 1.14 bits per heavy atom. The topological polar surface area (TPSA) is 53.0 Å². The smallest absolute Gasteiger partial charge is 0.123 e. The van der Waals surface area contributed by atoms with Crippen molar-refractivity contribution >= 4 is 16.9 Å². The van der Waals surface area contributed by atoms with Crippen LogP contribution in [0.2, 0.25) is 0 Å². The maximum absolute atomic E-state index is 13.4. The molecule has 104 valence electrons. The van der Waals surface area contributed by atoms with Gasteiger partial charge in [-0.1, -0.05) is 30.3 Å². The summed E-state index contributed by atoms with van der Waals surface area (Å²) >= 11 is 0. The molecule has 0 saturated heterocycles. The zero-order valence-electron chi connectivity index (χ0n) is 11.3. The Morgan fingerprint density at radius 2 is 1.86 bits per heavy atom. The van der Waals surface area contributed by atoms with Crippen LogP contribution >= 0.6 is 0 Å². The summed E-state index contributed by atoms with van der Waals surface area (Å²) in [6.45, 7) is 1.66. The first kappa shape index (κ1) is 13.2. The van der Waals surface area contributed by atoms with Gasteiger partial charge in [0.2, 0.25) is 0 Å². The maximum atomic E-state index is 13.4. The van der Waals surface area contributed by atoms with Crippen LogP contribution in [0.5, 0.6) is 0 Å². The quantitative estimate of drug-likeness (QED) is 0.725. The molecule has 0 aliphatic carbocycles. The number of rotatable bonds is 2. The Balaban J connectivity index is 2.41. The maximum Gasteiger partial charge on any atom is 0.123 e. The largest absolute Gasteiger partial charge is 0.545 e. The van der Waals surface area contributed by atoms with Gasteiger partial charge in [-0.15, -0.1) is 0 Å². The molecule has 3 nitrogen and oxygen atoms in total. The minimum atomic E-state index is -1.33. The van der Waals surface area contributed by atoms with E-state index in [1.807, 2.05) is 30.3 Å². The number of halogens is 1. The van der Waals surface area contributed by atoms with Crippen molar-refractivity contribution in [3.05, 3.63) is 65.5 Å². The summed E-state index contributed by atoms with van der Waals surface area (Å²) in [5.74, 6) is -1.83. The van der Waals surface area contributed by atoms with Gasteiger partial charge in [0.1, 0.15) is 5.82 Å². The average Bonchev–Trinajstić information content (AvgIpc) is 2.47. The third-order valence-corrected chi connectivity index (χ3v) is 3.44. The number of fused-ring (bicyclic) bond motifs is 1. The van der Waals surface area contributed by atoms with Crippen LogP contribution in [-0.2, 0) is 0 Å². The molecule has 21 heavy (non-hydrogen) atoms. The van der Waals surface area contributed by atoms with Crippen molar-refractivity contribution in [1.82, 2.24) is 4.98 Å². The molecular formula is C17H11FNO2-. The van der Waals surface area contributed by atoms with Gasteiger partial charge in [0.25, 0.3) is 0 Å². The lowest BCUT2D eigenvalue weighted by atomic mass is 9.98. The SMILES string of the molecule is Cc1c(-c2ccccc2)nc2ccc(F)cc2c1C(=O)[O-]. The van der Waals surface area contributed by atoms with E-state index in [-0.39, 0.29) is 10.9 Å². The monoisotopic (exact) mass is 280 g/mol. The molecule has 0 aliphatic heterocycles. The molecule has 1 aromatic heterocycles. The summed E-state index contributed by atoms with van der Waals surface area (Å²) in [5.41, 5.74) is 2.26. The lowest BCUT2D eigenvalue weighted by Crippen LogP contribution is -2.24. The molecule has 1 heterocycles. The Labute approximate surface area is 120 Å². The second-order valence-electron chi connectivity index (χ2n) is 4.78. The molecule has 0 radical (unpaired) electrons. The van der Waals surface area contributed by atoms with Gasteiger partial charge in [-0.3, -0.25) is 0 Å². The Morgan fingerprint density at radius 3 is 2.52 bits per heavy atom. The minimum absolute atomic E-state index is 0.0154. The number of hydrogen-bond donors (Lipinski definition) is 0. The van der Waals surface area contributed by atoms with E-state index in [2.05, 4.69) is 4.98 Å². The third-order valence-electron chi connectivity index (χ3n) is 3.44. The van der Waals surface area contributed by atoms with Crippen LogP contribution in [-0.4, -0.2) is 11.0 Å². The molecule has 0 aliphatic rings. The van der Waals surface area contributed by atoms with Crippen molar-refractivity contribution in [3.63, 3.8) is 0 Å². The van der Waals surface area contributed by atoms with E-state index < -0.39 is 11.8 Å². The third kappa shape index (κ3) is 2.25. The minimum Gasteiger partial charge on any atom is -0.545 e. The van der Waals surface area contributed by atoms with Crippen LogP contribution in [0.3, 0.4) is 0 Å². The number of aromatic carboxylic acids is 1. The molecule has 0 amide bonds. The lowest BCUT2D eigenvalue weighted by Gasteiger charge is -2.15. The van der Waals surface area contributed by atoms with E-state index in [1.165, 1.54) is 18.2 Å². The first-order valence-electron chi connectivity index (χ1n) is 6.44. The van der Waals surface area contributed by atoms with Crippen LogP contribution in [0.25, 0.3) is 22.2 Å². The van der Waals surface area contributed by atoms with Gasteiger partial charge in [-0.05, 0) is 30.7 Å². The summed E-state index contributed by atoms with van der Waals surface area (Å²) in [6.07, 6.45) is 0. The fourth-order valence-corrected chi connectivity index (χ4v) is 2.47. The molecule has 3 rings (SSSR count). The zero-order valence-corrected chi connectivity index (χ0v) is 11.3. The summed E-state index contributed by atoms with van der Waals surface area (Å²) in [7, 11) is 0. The van der Waals surface area contributed by atoms with Gasteiger partial charge in [-0.25, -0.2) is 9.37 Å². The van der Waals surface area contributed by atoms with Gasteiger partial charge in [0.05, 0.1) is 17.2 Å². The molecule has 0 atom stereocenters. The first-order chi connectivity index (χ1) is 10.1. The highest BCUT2D eigenvalue weighted by Gasteiger charge is 2.14. The van der Waals surface area contributed by atoms with Crippen molar-refractivity contribution in [2.24, 2.45) is 0 Å². The molecule has 2 aromatic carbocycles. The van der Waals surface area contributed by atoms with Crippen molar-refractivity contribution in [2.75, 3.05) is 0 Å². The predicted molar refractivity (Wildman–Crippen MR) is 76.2 cm³/mol. The molecule has 0 bridgehead atoms. The van der Waals surface area contributed by atoms with E-state index in [9.17, 15) is 14.3 Å². The molecule has 0 unspecified atom stereocenters. The number of carboxylic acid groups (broad SMARTS) is 1. The fourth-order valence-electron chi connectivity index (χ4n) is 2.47. The van der Waals surface area contributed by atoms with Gasteiger partial charge >= 0.3 is 0 Å². The van der Waals surface area contributed by atoms with Crippen molar-refractivity contribution in [3.8, 4) is 11.3 Å². The van der Waals surface area contributed by atoms with Gasteiger partial charge in [0, 0.05) is 16.5 Å². The van der Waals surface area contributed by atoms with Gasteiger partial charge in [0.15, 0.2) is 0 Å². The number of nitrogens with zero attached hydrogens (tertiary/aromatic N) is 1. The van der Waals surface area contributed by atoms with Crippen LogP contribution in [0.4, 0.5) is 4.39 Å². The molecule has 0 spiro atoms. The number of carbonyl (C=O) groups is 1. The number of aromatic nitrogens is 1. The number of hydrogen-bond acceptors (Lipinski definition) is 3. The van der Waals surface area contributed by atoms with Crippen LogP contribution in [0.1, 0.15) is 15.9 Å². The fraction of sp³-hybridized carbons (Fsp3) is 0.0588. The second-order valence-corrected chi connectivity index (χ2v) is 4.78. The van der Waals surface area contributed by atoms with Crippen molar-refractivity contribution in [2.45, 2.75) is 6.92 Å². The molecular weight excluding hydrogens is 269 g/mol. The van der Waals surface area contributed by atoms with E-state index in [0.29, 0.717) is 16.8 Å². The Hall–Kier alpha value is -2.75. The van der Waals surface area contributed by atoms with E-state index in [1.54, 1.807) is 6.92 Å². The molecule has 0 fully saturated rings. The van der Waals surface area contributed by atoms with Gasteiger partial charge < -0.3 is 9.90 Å². The normalized spacial score (nSPS) is 10.8. The molecule has 4 heteroatoms. The van der Waals surface area contributed by atoms with Crippen molar-refractivity contribution < 1.29 is 14.3 Å². The number of pyridine rings is 1. The highest BCUT2D eigenvalue weighted by atomic mass is 19.1. The van der Waals surface area contributed by atoms with Crippen LogP contribution < -0.4 is 5.11 Å². The molecule has 3 aromatic rings. The highest BCUT2D eigenvalue weighted by molar-refractivity contribution is 6.04. The summed E-state index contributed by atoms with van der Waals surface area (Å²) in [5, 5.41) is 11.7. The number of carboxylic acids is 1. The van der Waals surface area contributed by atoms with Gasteiger partial charge in [-0.2, -0.15) is 0 Å². The standard InChI is InChI=1S/C17H12FNO2/c1-10-15(17(20)21)13-9-12(18)7-8-14(13)19-16(10)11-5-3-2-4-6-11/h2-9H,1H3,(H,20,21)/p-1. The lowest BCUT2D eigenvalue weighted by molar-refractivity contribution is -0.254. The van der Waals surface area contributed by atoms with Crippen molar-refractivity contribution in [1.29, 1.82) is 0 Å². The Bertz CT molecular complexity index is 844. The van der Waals surface area contributed by atoms with Crippen LogP contribution in [0, 0.1) is 12.7 Å². The summed E-state index contributed by atoms with van der Waals surface area (Å²) < 4.78 is 13.4. The second kappa shape index (κ2) is 4.98. The number of benzene rings is 2. The molecule has 0 N–H and O–H groups in total. The van der Waals surface area contributed by atoms with E-state index in [0.717, 1.165) is 5.56 Å². The Kier molecular flexibility index (Phi) is 3.14. The first-order valence-corrected chi connectivity index (χ1v) is 6.44. The van der Waals surface area contributed by atoms with E-state index >= 15 is 0 Å². The summed E-state index contributed by atoms with van der Waals surface area (Å²) in [6, 6.07) is 13.2. The average molecular weight is 280 g/mol. The zero-order chi connectivity index (χ0) is 15.0. The van der Waals surface area contributed by atoms with E-state index in [4.69, 9.17) is 0 Å². The number of carbonyl (C=O) groups excluding carboxylic acids is 1. The molecule has 0 saturated carbocycles.